The molecule has 2 aromatic rings. The number of carbonyl (C=O) groups excluding carboxylic acids is 2. The fourth-order valence-corrected chi connectivity index (χ4v) is 11.9. The lowest BCUT2D eigenvalue weighted by molar-refractivity contribution is 0.134. The van der Waals surface area contributed by atoms with Crippen molar-refractivity contribution in [2.75, 3.05) is 26.2 Å². The minimum Gasteiger partial charge on any atom is -0.351 e. The molecule has 8 heteroatoms. The number of unbranched alkanes of at least 4 members (excludes halogenated alkanes) is 3. The fraction of sp³-hybridized carbons (Fsp3) is 0.682. The summed E-state index contributed by atoms with van der Waals surface area (Å²) in [6.07, 6.45) is 20.9. The molecule has 0 aromatic heterocycles. The van der Waals surface area contributed by atoms with Crippen LogP contribution in [0.1, 0.15) is 162 Å². The summed E-state index contributed by atoms with van der Waals surface area (Å²) in [6, 6.07) is 20.7. The highest BCUT2D eigenvalue weighted by atomic mass is 16.2. The molecule has 2 aliphatic carbocycles. The predicted octanol–water partition coefficient (Wildman–Crippen LogP) is 8.99. The maximum Gasteiger partial charge on any atom is 0.315 e. The van der Waals surface area contributed by atoms with Gasteiger partial charge >= 0.3 is 12.1 Å². The Bertz CT molecular complexity index is 1360. The van der Waals surface area contributed by atoms with Gasteiger partial charge in [-0.3, -0.25) is 9.80 Å². The van der Waals surface area contributed by atoms with Crippen LogP contribution in [0.3, 0.4) is 0 Å². The molecule has 2 saturated carbocycles. The molecule has 8 nitrogen and oxygen atoms in total. The molecule has 0 unspecified atom stereocenters. The monoisotopic (exact) mass is 709 g/mol. The number of hydrogen-bond acceptors (Lipinski definition) is 4. The minimum atomic E-state index is -0.261. The van der Waals surface area contributed by atoms with Crippen molar-refractivity contribution in [1.82, 2.24) is 19.6 Å². The van der Waals surface area contributed by atoms with E-state index in [1.54, 1.807) is 22.3 Å². The summed E-state index contributed by atoms with van der Waals surface area (Å²) in [5, 5.41) is 0. The highest BCUT2D eigenvalue weighted by Gasteiger charge is 2.44. The second-order valence-corrected chi connectivity index (χ2v) is 17.4. The lowest BCUT2D eigenvalue weighted by Crippen LogP contribution is -2.46. The normalized spacial score (nSPS) is 30.7. The predicted molar refractivity (Wildman–Crippen MR) is 208 cm³/mol. The summed E-state index contributed by atoms with van der Waals surface area (Å²) in [4.78, 5) is 34.5. The lowest BCUT2D eigenvalue weighted by atomic mass is 9.83. The third kappa shape index (κ3) is 7.36. The van der Waals surface area contributed by atoms with E-state index in [4.69, 9.17) is 11.5 Å². The van der Waals surface area contributed by atoms with Crippen LogP contribution in [0.4, 0.5) is 9.59 Å². The fourth-order valence-electron chi connectivity index (χ4n) is 11.9. The first kappa shape index (κ1) is 35.9. The van der Waals surface area contributed by atoms with E-state index < -0.39 is 0 Å². The summed E-state index contributed by atoms with van der Waals surface area (Å²) in [5.74, 6) is 1.50. The van der Waals surface area contributed by atoms with E-state index in [0.717, 1.165) is 76.3 Å². The molecule has 8 rings (SSSR count). The van der Waals surface area contributed by atoms with E-state index in [1.165, 1.54) is 77.3 Å². The Morgan fingerprint density at radius 2 is 0.827 bits per heavy atom. The molecule has 4 bridgehead atoms. The van der Waals surface area contributed by atoms with Gasteiger partial charge in [-0.25, -0.2) is 9.59 Å². The Balaban J connectivity index is 0.702. The quantitative estimate of drug-likeness (QED) is 0.181. The number of carbonyl (C=O) groups is 2. The molecule has 6 aliphatic rings. The van der Waals surface area contributed by atoms with Gasteiger partial charge in [-0.1, -0.05) is 61.4 Å². The van der Waals surface area contributed by atoms with E-state index in [1.807, 2.05) is 9.80 Å². The number of urea groups is 2. The Hall–Kier alpha value is -3.10. The average Bonchev–Trinajstić information content (AvgIpc) is 3.93. The SMILES string of the molecule is NC(=O)N(CCCCCCN(C(N)=O)C1CCC(CCN2[C@@H]3CC[C@H]2c2ccccc23)CC1)C1CCC(CCN2[C@@H]3CC[C@H]2c2ccccc23)CC1. The molecule has 4 fully saturated rings. The highest BCUT2D eigenvalue weighted by Crippen LogP contribution is 2.54. The van der Waals surface area contributed by atoms with Crippen molar-refractivity contribution < 1.29 is 9.59 Å². The number of nitrogens with zero attached hydrogens (tertiary/aromatic N) is 4. The zero-order valence-electron chi connectivity index (χ0n) is 31.6. The molecule has 0 radical (unpaired) electrons. The summed E-state index contributed by atoms with van der Waals surface area (Å²) in [6.45, 7) is 3.88. The van der Waals surface area contributed by atoms with Crippen LogP contribution in [0.15, 0.2) is 48.5 Å². The van der Waals surface area contributed by atoms with Crippen molar-refractivity contribution in [3.05, 3.63) is 70.8 Å². The summed E-state index contributed by atoms with van der Waals surface area (Å²) < 4.78 is 0. The Morgan fingerprint density at radius 1 is 0.500 bits per heavy atom. The molecular weight excluding hydrogens is 645 g/mol. The summed E-state index contributed by atoms with van der Waals surface area (Å²) in [7, 11) is 0. The molecule has 4 amide bonds. The van der Waals surface area contributed by atoms with Gasteiger partial charge in [0.15, 0.2) is 0 Å². The minimum absolute atomic E-state index is 0.261. The Labute approximate surface area is 312 Å². The largest absolute Gasteiger partial charge is 0.351 e. The first-order chi connectivity index (χ1) is 25.5. The lowest BCUT2D eigenvalue weighted by Gasteiger charge is -2.37. The van der Waals surface area contributed by atoms with E-state index in [0.29, 0.717) is 24.2 Å². The average molecular weight is 709 g/mol. The van der Waals surface area contributed by atoms with Crippen molar-refractivity contribution in [3.63, 3.8) is 0 Å². The van der Waals surface area contributed by atoms with Gasteiger partial charge in [-0.05, 0) is 150 Å². The van der Waals surface area contributed by atoms with E-state index in [-0.39, 0.29) is 24.1 Å². The van der Waals surface area contributed by atoms with Gasteiger partial charge in [0.2, 0.25) is 0 Å². The van der Waals surface area contributed by atoms with Crippen LogP contribution in [0, 0.1) is 11.8 Å². The Morgan fingerprint density at radius 3 is 1.13 bits per heavy atom. The highest BCUT2D eigenvalue weighted by molar-refractivity contribution is 5.72. The molecule has 4 atom stereocenters. The second kappa shape index (κ2) is 16.1. The number of nitrogens with two attached hydrogens (primary N) is 2. The second-order valence-electron chi connectivity index (χ2n) is 17.4. The van der Waals surface area contributed by atoms with Crippen LogP contribution >= 0.6 is 0 Å². The molecule has 2 saturated heterocycles. The smallest absolute Gasteiger partial charge is 0.315 e. The zero-order valence-corrected chi connectivity index (χ0v) is 31.6. The van der Waals surface area contributed by atoms with Crippen LogP contribution in [-0.2, 0) is 0 Å². The number of fused-ring (bicyclic) bond motifs is 10. The van der Waals surface area contributed by atoms with Crippen LogP contribution in [0.5, 0.6) is 0 Å². The van der Waals surface area contributed by atoms with E-state index >= 15 is 0 Å². The molecule has 4 aliphatic heterocycles. The maximum atomic E-state index is 12.5. The van der Waals surface area contributed by atoms with Gasteiger partial charge in [0.1, 0.15) is 0 Å². The number of amides is 4. The van der Waals surface area contributed by atoms with E-state index in [2.05, 4.69) is 58.3 Å². The van der Waals surface area contributed by atoms with Crippen molar-refractivity contribution in [1.29, 1.82) is 0 Å². The van der Waals surface area contributed by atoms with Gasteiger partial charge in [0.25, 0.3) is 0 Å². The van der Waals surface area contributed by atoms with Gasteiger partial charge < -0.3 is 21.3 Å². The van der Waals surface area contributed by atoms with E-state index in [9.17, 15) is 9.59 Å². The third-order valence-corrected chi connectivity index (χ3v) is 14.7. The van der Waals surface area contributed by atoms with Gasteiger partial charge in [-0.2, -0.15) is 0 Å². The summed E-state index contributed by atoms with van der Waals surface area (Å²) in [5.41, 5.74) is 18.2. The van der Waals surface area contributed by atoms with Crippen molar-refractivity contribution >= 4 is 12.1 Å². The molecular formula is C44H64N6O2. The van der Waals surface area contributed by atoms with Crippen molar-refractivity contribution in [2.24, 2.45) is 23.3 Å². The van der Waals surface area contributed by atoms with Gasteiger partial charge in [0.05, 0.1) is 0 Å². The summed E-state index contributed by atoms with van der Waals surface area (Å²) >= 11 is 0. The molecule has 52 heavy (non-hydrogen) atoms. The van der Waals surface area contributed by atoms with Crippen LogP contribution in [0.25, 0.3) is 0 Å². The zero-order chi connectivity index (χ0) is 35.6. The van der Waals surface area contributed by atoms with Crippen molar-refractivity contribution in [3.8, 4) is 0 Å². The third-order valence-electron chi connectivity index (χ3n) is 14.7. The number of hydrogen-bond donors (Lipinski definition) is 2. The first-order valence-corrected chi connectivity index (χ1v) is 21.3. The topological polar surface area (TPSA) is 99.1 Å². The van der Waals surface area contributed by atoms with Crippen LogP contribution < -0.4 is 11.5 Å². The molecule has 4 N–H and O–H groups in total. The molecule has 2 aromatic carbocycles. The maximum absolute atomic E-state index is 12.5. The number of benzene rings is 2. The van der Waals surface area contributed by atoms with Crippen LogP contribution in [0.2, 0.25) is 0 Å². The molecule has 0 spiro atoms. The standard InChI is InChI=1S/C44H64N6O2/c45-43(51)47(33-17-13-31(14-18-33)25-29-49-39-21-22-40(49)36-10-4-3-9-35(36)39)27-7-1-2-8-28-48(44(46)52)34-19-15-32(16-20-34)26-30-50-41-23-24-42(50)38-12-6-5-11-37(38)41/h3-6,9-12,31-34,39-42H,1-2,7-8,13-30H2,(H2,45,51)(H2,46,52)/t31?,32?,33?,34?,39-,40+,41-,42+. The first-order valence-electron chi connectivity index (χ1n) is 21.3. The molecule has 282 valence electrons. The van der Waals surface area contributed by atoms with Gasteiger partial charge in [-0.15, -0.1) is 0 Å². The number of rotatable bonds is 15. The van der Waals surface area contributed by atoms with Gasteiger partial charge in [0, 0.05) is 49.3 Å². The number of primary amides is 2. The van der Waals surface area contributed by atoms with Crippen molar-refractivity contribution in [2.45, 2.75) is 152 Å². The van der Waals surface area contributed by atoms with Crippen LogP contribution in [-0.4, -0.2) is 69.9 Å². The Kier molecular flexibility index (Phi) is 11.1. The molecule has 4 heterocycles.